The number of aromatic nitrogens is 13. The van der Waals surface area contributed by atoms with Crippen LogP contribution >= 0.6 is 0 Å². The molecular formula is C48H62FN27O14+4. The second-order valence-corrected chi connectivity index (χ2v) is 21.1. The normalized spacial score (nSPS) is 30.9. The fourth-order valence-corrected chi connectivity index (χ4v) is 11.0. The van der Waals surface area contributed by atoms with Gasteiger partial charge in [0.2, 0.25) is 25.1 Å². The summed E-state index contributed by atoms with van der Waals surface area (Å²) < 4.78 is 42.2. The van der Waals surface area contributed by atoms with Gasteiger partial charge in [0, 0.05) is 42.4 Å². The Kier molecular flexibility index (Phi) is 18.6. The van der Waals surface area contributed by atoms with Crippen molar-refractivity contribution >= 4 is 56.0 Å². The minimum Gasteiger partial charge on any atom is -0.397 e. The summed E-state index contributed by atoms with van der Waals surface area (Å²) in [5, 5.41) is 93.4. The molecule has 0 saturated carbocycles. The highest BCUT2D eigenvalue weighted by molar-refractivity contribution is 5.84. The van der Waals surface area contributed by atoms with Crippen LogP contribution in [0.4, 0.5) is 15.8 Å². The number of nitrogens with two attached hydrogens (primary N) is 2. The van der Waals surface area contributed by atoms with Gasteiger partial charge in [0.05, 0.1) is 49.3 Å². The van der Waals surface area contributed by atoms with Crippen molar-refractivity contribution in [1.29, 1.82) is 22.1 Å². The van der Waals surface area contributed by atoms with Crippen LogP contribution in [0.1, 0.15) is 51.5 Å². The molecule has 4 aliphatic heterocycles. The molecule has 0 amide bonds. The Bertz CT molecular complexity index is 4270. The predicted octanol–water partition coefficient (Wildman–Crippen LogP) is -1.81. The summed E-state index contributed by atoms with van der Waals surface area (Å²) in [7, 11) is 0. The van der Waals surface area contributed by atoms with E-state index in [1.807, 2.05) is 0 Å². The lowest BCUT2D eigenvalue weighted by atomic mass is 9.97. The zero-order chi connectivity index (χ0) is 65.2. The molecule has 4 aliphatic rings. The molecule has 4 saturated heterocycles. The number of halogens is 1. The molecule has 0 radical (unpaired) electrons. The number of nitrogens with zero attached hydrogens (tertiary/aromatic N) is 19. The van der Waals surface area contributed by atoms with Crippen LogP contribution in [0.3, 0.4) is 0 Å². The van der Waals surface area contributed by atoms with Crippen LogP contribution in [0.5, 0.6) is 0 Å². The molecule has 0 aliphatic carbocycles. The third-order valence-corrected chi connectivity index (χ3v) is 15.8. The van der Waals surface area contributed by atoms with E-state index in [4.69, 9.17) is 52.5 Å². The van der Waals surface area contributed by atoms with Gasteiger partial charge in [-0.2, -0.15) is 0 Å². The number of ether oxygens (including phenoxy) is 4. The second kappa shape index (κ2) is 25.8. The van der Waals surface area contributed by atoms with Gasteiger partial charge in [0.1, 0.15) is 120 Å². The number of aryl methyl sites for hydroxylation is 1. The maximum Gasteiger partial charge on any atom is 0.293 e. The van der Waals surface area contributed by atoms with E-state index in [9.17, 15) is 54.8 Å². The van der Waals surface area contributed by atoms with Crippen molar-refractivity contribution in [3.63, 3.8) is 0 Å². The van der Waals surface area contributed by atoms with Crippen LogP contribution in [0.15, 0.2) is 92.1 Å². The number of alkyl halides is 1. The number of anilines is 2. The molecule has 4 fully saturated rings. The molecule has 16 atom stereocenters. The Labute approximate surface area is 501 Å². The number of hydrogen-bond acceptors (Lipinski definition) is 31. The Morgan fingerprint density at radius 3 is 1.38 bits per heavy atom. The largest absolute Gasteiger partial charge is 0.397 e. The first-order valence-electron chi connectivity index (χ1n) is 27.0. The van der Waals surface area contributed by atoms with Crippen molar-refractivity contribution in [2.24, 2.45) is 44.1 Å². The lowest BCUT2D eigenvalue weighted by Gasteiger charge is -2.18. The van der Waals surface area contributed by atoms with E-state index in [0.717, 1.165) is 0 Å². The first-order valence-corrected chi connectivity index (χ1v) is 27.0. The number of aliphatic hydroxyl groups is 8. The third kappa shape index (κ3) is 11.0. The predicted molar refractivity (Wildman–Crippen MR) is 297 cm³/mol. The van der Waals surface area contributed by atoms with Crippen LogP contribution in [0.2, 0.25) is 0 Å². The maximum atomic E-state index is 13.5. The summed E-state index contributed by atoms with van der Waals surface area (Å²) in [5.74, 6) is -2.05. The number of imidazole rings is 4. The van der Waals surface area contributed by atoms with Gasteiger partial charge in [0.15, 0.2) is 48.4 Å². The fourth-order valence-electron chi connectivity index (χ4n) is 11.0. The van der Waals surface area contributed by atoms with E-state index in [1.165, 1.54) is 52.9 Å². The van der Waals surface area contributed by atoms with Crippen molar-refractivity contribution < 1.29 is 64.2 Å². The highest BCUT2D eigenvalue weighted by Gasteiger charge is 2.62. The van der Waals surface area contributed by atoms with Gasteiger partial charge in [-0.3, -0.25) is 32.2 Å². The molecule has 0 aromatic carbocycles. The molecule has 0 bridgehead atoms. The molecule has 18 N–H and O–H groups in total. The summed E-state index contributed by atoms with van der Waals surface area (Å²) >= 11 is 0. The Balaban J connectivity index is 0.000000142. The highest BCUT2D eigenvalue weighted by atomic mass is 19.1. The van der Waals surface area contributed by atoms with Gasteiger partial charge in [0.25, 0.3) is 28.5 Å². The zero-order valence-corrected chi connectivity index (χ0v) is 47.8. The van der Waals surface area contributed by atoms with Crippen LogP contribution < -0.4 is 42.1 Å². The van der Waals surface area contributed by atoms with Gasteiger partial charge < -0.3 is 81.2 Å². The molecule has 12 heterocycles. The number of fused-ring (bicyclic) bond motifs is 4. The third-order valence-electron chi connectivity index (χ3n) is 15.8. The first kappa shape index (κ1) is 64.8. The van der Waals surface area contributed by atoms with Crippen molar-refractivity contribution in [2.45, 2.75) is 99.9 Å². The Hall–Kier alpha value is -9.70. The second-order valence-electron chi connectivity index (χ2n) is 21.1. The summed E-state index contributed by atoms with van der Waals surface area (Å²) in [4.78, 5) is 69.6. The first-order chi connectivity index (χ1) is 43.1. The van der Waals surface area contributed by atoms with Crippen molar-refractivity contribution in [3.8, 4) is 0 Å². The van der Waals surface area contributed by atoms with Crippen LogP contribution in [0, 0.1) is 52.7 Å². The fraction of sp³-hybridized carbons (Fsp3) is 0.521. The number of H-pyrrole nitrogens is 2. The van der Waals surface area contributed by atoms with E-state index in [0.29, 0.717) is 50.8 Å². The molecule has 42 heteroatoms. The van der Waals surface area contributed by atoms with E-state index in [1.54, 1.807) is 55.2 Å². The van der Waals surface area contributed by atoms with Gasteiger partial charge in [-0.1, -0.05) is 20.8 Å². The van der Waals surface area contributed by atoms with E-state index >= 15 is 0 Å². The lowest BCUT2D eigenvalue weighted by Crippen LogP contribution is -2.43. The molecule has 0 spiro atoms. The number of nitrogens with one attached hydrogen (secondary N) is 6. The average molecular weight is 1260 g/mol. The molecule has 8 aromatic heterocycles. The van der Waals surface area contributed by atoms with Gasteiger partial charge in [-0.05, 0) is 19.1 Å². The van der Waals surface area contributed by atoms with E-state index in [-0.39, 0.29) is 22.0 Å². The van der Waals surface area contributed by atoms with Crippen LogP contribution in [-0.2, 0) is 18.9 Å². The molecule has 41 nitrogen and oxygen atoms in total. The number of hydrogen-bond donors (Lipinski definition) is 16. The van der Waals surface area contributed by atoms with Crippen molar-refractivity contribution in [2.75, 3.05) is 44.6 Å². The summed E-state index contributed by atoms with van der Waals surface area (Å²) in [6.45, 7) is 3.21. The van der Waals surface area contributed by atoms with Crippen molar-refractivity contribution in [1.82, 2.24) is 82.8 Å². The summed E-state index contributed by atoms with van der Waals surface area (Å²) in [6, 6.07) is 4.57. The van der Waals surface area contributed by atoms with Gasteiger partial charge >= 0.3 is 0 Å². The van der Waals surface area contributed by atoms with E-state index in [2.05, 4.69) is 85.0 Å². The molecule has 12 rings (SSSR count). The molecule has 8 aromatic rings. The quantitative estimate of drug-likeness (QED) is 0.0447. The Morgan fingerprint density at radius 1 is 0.567 bits per heavy atom. The highest BCUT2D eigenvalue weighted by Crippen LogP contribution is 2.47. The minimum absolute atomic E-state index is 0.143. The van der Waals surface area contributed by atoms with Crippen LogP contribution in [0.25, 0.3) is 44.7 Å². The SMILES string of the molecule is C[C@@H]1[C@H](n2cnc3c(=O)cc[nH]c32)O[C@@](CO)(N=[N+]=N)[C@H]1O.C[C@@H]1[C@H](n2cnc3c(N)ccnc32)O[C@@](CO)(N=[N+]=N)[C@H]1O.Cc1nc2c(ncn2[C@@H]2O[C@@](CO)(N=[N+]=N)[C@@H](O)[C@@H]2C)c(=O)[nH]1.N=[N+]=N[C@]1(CO)O[C@@H](n2cnc3c(N)ccnc32)[C@@H](CF)[C@@H]1O. The minimum atomic E-state index is -1.90. The number of rotatable bonds is 13. The lowest BCUT2D eigenvalue weighted by molar-refractivity contribution is -0.126. The Morgan fingerprint density at radius 2 is 0.944 bits per heavy atom. The molecule has 476 valence electrons. The number of nitrogen functional groups attached to an aromatic ring is 2. The molecule has 0 unspecified atom stereocenters. The number of pyridine rings is 3. The molecule has 90 heavy (non-hydrogen) atoms. The zero-order valence-electron chi connectivity index (χ0n) is 47.8. The van der Waals surface area contributed by atoms with Gasteiger partial charge in [-0.15, -0.1) is 0 Å². The number of aliphatic hydroxyl groups excluding tert-OH is 8. The number of aromatic amines is 2. The average Bonchev–Trinajstić information content (AvgIpc) is 1.64. The topological polar surface area (TPSA) is 628 Å². The maximum absolute atomic E-state index is 13.5. The smallest absolute Gasteiger partial charge is 0.293 e. The van der Waals surface area contributed by atoms with E-state index < -0.39 is 129 Å². The standard InChI is InChI=1S/C12H15FN7O3.C12H15N7O4.C12H16N7O3.C12H14N6O4/c13-3-6-9(22)12(4-21,18-19-15)23-11(6)20-5-17-8-7(14)1-2-16-10(8)20;1-5-8(21)12(3-20,17-18-13)23-11(5)19-4-14-7-9(19)15-6(2)16-10(7)22;1-6-9(21)12(4-20,17-18-14)22-11(6)19-5-16-8-7(13)2-3-15-10(8)19;1-6-9(21)12(4-19,16-17-13)22-11(6)18-5-15-8-7(20)2-3-14-10(8)18/h1-2,5-6,9,11,15,21-22H,3-4H2,(H2,14,16);4-5,8,11,13,20-21H,3H2,1-2H3;2-3,5-6,9,11,14,20-21H,4H2,1H3,(H2,13,15);2-3,5-6,9,11,13,19,21H,4H2,1H3/q+1;;+1;/p+2/t6-,9-,11+,12+;5-,8-,11+,12+;2*6-,9-,11+,12+/m0000/s1. The van der Waals surface area contributed by atoms with Crippen LogP contribution in [-0.4, -0.2) is 184 Å². The summed E-state index contributed by atoms with van der Waals surface area (Å²) in [5.41, 5.74) is 35.2. The van der Waals surface area contributed by atoms with Gasteiger partial charge in [-0.25, -0.2) is 34.9 Å². The summed E-state index contributed by atoms with van der Waals surface area (Å²) in [6.07, 6.45) is 1.99. The monoisotopic (exact) mass is 1260 g/mol. The molecular weight excluding hydrogens is 1200 g/mol. The van der Waals surface area contributed by atoms with Crippen molar-refractivity contribution in [3.05, 3.63) is 88.5 Å².